The number of rotatable bonds is 4. The van der Waals surface area contributed by atoms with Crippen LogP contribution in [0.5, 0.6) is 0 Å². The Balaban J connectivity index is 1.55. The van der Waals surface area contributed by atoms with Gasteiger partial charge in [-0.1, -0.05) is 12.8 Å². The minimum Gasteiger partial charge on any atom is -0.361 e. The maximum Gasteiger partial charge on any atom is 0.191 e. The second-order valence-electron chi connectivity index (χ2n) is 5.88. The summed E-state index contributed by atoms with van der Waals surface area (Å²) in [5, 5.41) is 7.77. The van der Waals surface area contributed by atoms with Gasteiger partial charge in [0.05, 0.1) is 0 Å². The van der Waals surface area contributed by atoms with Crippen LogP contribution >= 0.6 is 0 Å². The molecule has 1 aliphatic rings. The third-order valence-electron chi connectivity index (χ3n) is 4.34. The Kier molecular flexibility index (Phi) is 4.61. The van der Waals surface area contributed by atoms with Crippen LogP contribution in [-0.4, -0.2) is 30.6 Å². The average Bonchev–Trinajstić information content (AvgIpc) is 3.16. The quantitative estimate of drug-likeness (QED) is 0.601. The van der Waals surface area contributed by atoms with Crippen LogP contribution in [0.25, 0.3) is 10.9 Å². The summed E-state index contributed by atoms with van der Waals surface area (Å²) in [6, 6.07) is 5.40. The smallest absolute Gasteiger partial charge is 0.191 e. The number of hydrogen-bond donors (Lipinski definition) is 3. The Morgan fingerprint density at radius 1 is 1.36 bits per heavy atom. The second kappa shape index (κ2) is 6.81. The molecule has 22 heavy (non-hydrogen) atoms. The number of aromatic amines is 1. The van der Waals surface area contributed by atoms with Gasteiger partial charge >= 0.3 is 0 Å². The molecule has 4 nitrogen and oxygen atoms in total. The van der Waals surface area contributed by atoms with Crippen LogP contribution in [0.3, 0.4) is 0 Å². The standard InChI is InChI=1S/C17H23FN4/c1-19-17(22-14-4-2-3-5-14)20-9-8-12-11-21-16-7-6-13(18)10-15(12)16/h6-7,10-11,14,21H,2-5,8-9H2,1H3,(H2,19,20,22). The lowest BCUT2D eigenvalue weighted by Gasteiger charge is -2.16. The molecule has 2 aromatic rings. The minimum atomic E-state index is -0.194. The summed E-state index contributed by atoms with van der Waals surface area (Å²) in [5.41, 5.74) is 2.10. The molecule has 0 bridgehead atoms. The topological polar surface area (TPSA) is 52.2 Å². The van der Waals surface area contributed by atoms with E-state index in [1.807, 2.05) is 6.20 Å². The van der Waals surface area contributed by atoms with Gasteiger partial charge in [-0.15, -0.1) is 0 Å². The fourth-order valence-electron chi connectivity index (χ4n) is 3.13. The predicted octanol–water partition coefficient (Wildman–Crippen LogP) is 2.96. The van der Waals surface area contributed by atoms with E-state index in [-0.39, 0.29) is 5.82 Å². The highest BCUT2D eigenvalue weighted by Crippen LogP contribution is 2.20. The van der Waals surface area contributed by atoms with E-state index in [1.54, 1.807) is 19.2 Å². The van der Waals surface area contributed by atoms with Crippen molar-refractivity contribution in [1.29, 1.82) is 0 Å². The lowest BCUT2D eigenvalue weighted by Crippen LogP contribution is -2.42. The lowest BCUT2D eigenvalue weighted by atomic mass is 10.1. The summed E-state index contributed by atoms with van der Waals surface area (Å²) in [7, 11) is 1.80. The number of fused-ring (bicyclic) bond motifs is 1. The Morgan fingerprint density at radius 2 is 2.18 bits per heavy atom. The number of aliphatic imine (C=N–C) groups is 1. The molecule has 0 aliphatic heterocycles. The van der Waals surface area contributed by atoms with Crippen LogP contribution in [0.2, 0.25) is 0 Å². The molecule has 1 fully saturated rings. The van der Waals surface area contributed by atoms with Crippen LogP contribution in [0.15, 0.2) is 29.4 Å². The van der Waals surface area contributed by atoms with Crippen molar-refractivity contribution in [1.82, 2.24) is 15.6 Å². The monoisotopic (exact) mass is 302 g/mol. The van der Waals surface area contributed by atoms with E-state index in [9.17, 15) is 4.39 Å². The molecule has 1 saturated carbocycles. The Labute approximate surface area is 130 Å². The Morgan fingerprint density at radius 3 is 2.95 bits per heavy atom. The highest BCUT2D eigenvalue weighted by molar-refractivity contribution is 5.83. The molecule has 1 heterocycles. The number of nitrogens with one attached hydrogen (secondary N) is 3. The van der Waals surface area contributed by atoms with E-state index in [0.29, 0.717) is 6.04 Å². The van der Waals surface area contributed by atoms with E-state index in [1.165, 1.54) is 31.7 Å². The zero-order valence-electron chi connectivity index (χ0n) is 13.0. The normalized spacial score (nSPS) is 16.4. The van der Waals surface area contributed by atoms with Crippen molar-refractivity contribution in [3.05, 3.63) is 35.8 Å². The molecule has 118 valence electrons. The molecule has 3 rings (SSSR count). The molecule has 0 atom stereocenters. The van der Waals surface area contributed by atoms with Gasteiger partial charge in [-0.05, 0) is 43.0 Å². The maximum absolute atomic E-state index is 13.4. The Hall–Kier alpha value is -2.04. The highest BCUT2D eigenvalue weighted by Gasteiger charge is 2.15. The van der Waals surface area contributed by atoms with Gasteiger partial charge in [-0.2, -0.15) is 0 Å². The van der Waals surface area contributed by atoms with Gasteiger partial charge in [0.25, 0.3) is 0 Å². The Bertz CT molecular complexity index is 656. The molecule has 0 radical (unpaired) electrons. The lowest BCUT2D eigenvalue weighted by molar-refractivity contribution is 0.613. The number of H-pyrrole nitrogens is 1. The summed E-state index contributed by atoms with van der Waals surface area (Å²) < 4.78 is 13.4. The van der Waals surface area contributed by atoms with Gasteiger partial charge < -0.3 is 15.6 Å². The van der Waals surface area contributed by atoms with E-state index in [0.717, 1.165) is 35.4 Å². The second-order valence-corrected chi connectivity index (χ2v) is 5.88. The van der Waals surface area contributed by atoms with Gasteiger partial charge in [0.15, 0.2) is 5.96 Å². The van der Waals surface area contributed by atoms with Crippen molar-refractivity contribution in [2.45, 2.75) is 38.1 Å². The molecule has 3 N–H and O–H groups in total. The first-order valence-corrected chi connectivity index (χ1v) is 7.99. The molecule has 0 amide bonds. The van der Waals surface area contributed by atoms with Crippen LogP contribution in [0.1, 0.15) is 31.2 Å². The molecule has 0 unspecified atom stereocenters. The summed E-state index contributed by atoms with van der Waals surface area (Å²) in [5.74, 6) is 0.665. The third kappa shape index (κ3) is 3.40. The number of hydrogen-bond acceptors (Lipinski definition) is 1. The largest absolute Gasteiger partial charge is 0.361 e. The average molecular weight is 302 g/mol. The minimum absolute atomic E-state index is 0.194. The molecular weight excluding hydrogens is 279 g/mol. The molecule has 1 aliphatic carbocycles. The van der Waals surface area contributed by atoms with E-state index in [2.05, 4.69) is 20.6 Å². The van der Waals surface area contributed by atoms with Crippen LogP contribution < -0.4 is 10.6 Å². The van der Waals surface area contributed by atoms with Gasteiger partial charge in [-0.25, -0.2) is 4.39 Å². The summed E-state index contributed by atoms with van der Waals surface area (Å²) in [6.45, 7) is 0.774. The molecular formula is C17H23FN4. The van der Waals surface area contributed by atoms with Crippen LogP contribution in [0.4, 0.5) is 4.39 Å². The number of guanidine groups is 1. The summed E-state index contributed by atoms with van der Waals surface area (Å²) in [4.78, 5) is 7.46. The van der Waals surface area contributed by atoms with Crippen molar-refractivity contribution in [3.63, 3.8) is 0 Å². The van der Waals surface area contributed by atoms with E-state index < -0.39 is 0 Å². The zero-order valence-corrected chi connectivity index (χ0v) is 13.0. The number of aromatic nitrogens is 1. The van der Waals surface area contributed by atoms with Gasteiger partial charge in [0.2, 0.25) is 0 Å². The summed E-state index contributed by atoms with van der Waals surface area (Å²) >= 11 is 0. The van der Waals surface area contributed by atoms with Gasteiger partial charge in [0.1, 0.15) is 5.82 Å². The van der Waals surface area contributed by atoms with Crippen LogP contribution in [-0.2, 0) is 6.42 Å². The summed E-state index contributed by atoms with van der Waals surface area (Å²) in [6.07, 6.45) is 7.84. The van der Waals surface area contributed by atoms with Gasteiger partial charge in [0, 0.05) is 36.7 Å². The highest BCUT2D eigenvalue weighted by atomic mass is 19.1. The molecule has 0 spiro atoms. The number of benzene rings is 1. The number of halogens is 1. The first-order valence-electron chi connectivity index (χ1n) is 7.99. The van der Waals surface area contributed by atoms with Crippen molar-refractivity contribution >= 4 is 16.9 Å². The maximum atomic E-state index is 13.4. The van der Waals surface area contributed by atoms with E-state index in [4.69, 9.17) is 0 Å². The van der Waals surface area contributed by atoms with Crippen LogP contribution in [0, 0.1) is 5.82 Å². The fraction of sp³-hybridized carbons (Fsp3) is 0.471. The van der Waals surface area contributed by atoms with Crippen molar-refractivity contribution in [2.24, 2.45) is 4.99 Å². The third-order valence-corrected chi connectivity index (χ3v) is 4.34. The molecule has 0 saturated heterocycles. The van der Waals surface area contributed by atoms with E-state index >= 15 is 0 Å². The van der Waals surface area contributed by atoms with Crippen molar-refractivity contribution in [3.8, 4) is 0 Å². The fourth-order valence-corrected chi connectivity index (χ4v) is 3.13. The van der Waals surface area contributed by atoms with Crippen molar-refractivity contribution < 1.29 is 4.39 Å². The predicted molar refractivity (Wildman–Crippen MR) is 88.7 cm³/mol. The molecule has 1 aromatic carbocycles. The first-order chi connectivity index (χ1) is 10.8. The SMILES string of the molecule is CN=C(NCCc1c[nH]c2ccc(F)cc12)NC1CCCC1. The molecule has 5 heteroatoms. The van der Waals surface area contributed by atoms with Gasteiger partial charge in [-0.3, -0.25) is 4.99 Å². The zero-order chi connectivity index (χ0) is 15.4. The molecule has 1 aromatic heterocycles. The number of nitrogens with zero attached hydrogens (tertiary/aromatic N) is 1. The van der Waals surface area contributed by atoms with Crippen molar-refractivity contribution in [2.75, 3.05) is 13.6 Å². The first kappa shape index (κ1) is 14.9.